The highest BCUT2D eigenvalue weighted by atomic mass is 15.2. The van der Waals surface area contributed by atoms with Gasteiger partial charge in [-0.3, -0.25) is 0 Å². The van der Waals surface area contributed by atoms with Crippen molar-refractivity contribution in [3.05, 3.63) is 267 Å². The van der Waals surface area contributed by atoms with Crippen LogP contribution in [0.15, 0.2) is 233 Å². The molecule has 0 amide bonds. The molecular weight excluding hydrogens is 855 g/mol. The molecule has 0 aromatic heterocycles. The van der Waals surface area contributed by atoms with Crippen LogP contribution in [-0.2, 0) is 5.41 Å². The molecule has 5 aromatic rings. The average Bonchev–Trinajstić information content (AvgIpc) is 4.00. The van der Waals surface area contributed by atoms with Crippen LogP contribution in [0.3, 0.4) is 0 Å². The largest absolute Gasteiger partial charge is 0.334 e. The Morgan fingerprint density at radius 1 is 0.479 bits per heavy atom. The van der Waals surface area contributed by atoms with E-state index in [9.17, 15) is 0 Å². The van der Waals surface area contributed by atoms with E-state index in [1.165, 1.54) is 117 Å². The van der Waals surface area contributed by atoms with Crippen LogP contribution in [0, 0.1) is 5.41 Å². The molecule has 1 spiro atoms. The van der Waals surface area contributed by atoms with Crippen LogP contribution in [-0.4, -0.2) is 6.04 Å². The summed E-state index contributed by atoms with van der Waals surface area (Å²) in [6.07, 6.45) is 44.1. The molecule has 14 rings (SSSR count). The Morgan fingerprint density at radius 2 is 1.11 bits per heavy atom. The number of benzene rings is 5. The van der Waals surface area contributed by atoms with E-state index in [0.29, 0.717) is 0 Å². The van der Waals surface area contributed by atoms with Gasteiger partial charge in [-0.2, -0.15) is 0 Å². The third-order valence-electron chi connectivity index (χ3n) is 17.5. The van der Waals surface area contributed by atoms with Crippen molar-refractivity contribution in [1.82, 2.24) is 0 Å². The van der Waals surface area contributed by atoms with E-state index < -0.39 is 5.41 Å². The molecule has 5 aromatic carbocycles. The van der Waals surface area contributed by atoms with Gasteiger partial charge in [0.15, 0.2) is 0 Å². The molecule has 1 nitrogen and oxygen atoms in total. The van der Waals surface area contributed by atoms with Gasteiger partial charge in [0, 0.05) is 22.4 Å². The molecule has 0 aliphatic heterocycles. The minimum atomic E-state index is -0.422. The number of hydrogen-bond donors (Lipinski definition) is 0. The van der Waals surface area contributed by atoms with E-state index >= 15 is 0 Å². The second-order valence-electron chi connectivity index (χ2n) is 21.7. The molecule has 0 N–H and O–H groups in total. The summed E-state index contributed by atoms with van der Waals surface area (Å²) in [5.74, 6) is 0. The summed E-state index contributed by atoms with van der Waals surface area (Å²) in [5, 5.41) is 0. The first kappa shape index (κ1) is 42.6. The summed E-state index contributed by atoms with van der Waals surface area (Å²) >= 11 is 0. The third-order valence-corrected chi connectivity index (χ3v) is 17.5. The Morgan fingerprint density at radius 3 is 1.86 bits per heavy atom. The average molecular weight is 916 g/mol. The molecule has 9 aliphatic carbocycles. The molecule has 0 fully saturated rings. The summed E-state index contributed by atoms with van der Waals surface area (Å²) < 4.78 is 0. The van der Waals surface area contributed by atoms with Gasteiger partial charge in [-0.05, 0) is 207 Å². The maximum atomic E-state index is 2.76. The van der Waals surface area contributed by atoms with E-state index in [1.807, 2.05) is 0 Å². The predicted molar refractivity (Wildman–Crippen MR) is 299 cm³/mol. The fourth-order valence-electron chi connectivity index (χ4n) is 14.3. The number of hydrogen-bond acceptors (Lipinski definition) is 1. The fraction of sp³-hybridized carbons (Fsp3) is 0.229. The highest BCUT2D eigenvalue weighted by Gasteiger charge is 2.54. The molecule has 2 atom stereocenters. The zero-order valence-corrected chi connectivity index (χ0v) is 41.3. The molecule has 0 bridgehead atoms. The Labute approximate surface area is 421 Å². The van der Waals surface area contributed by atoms with Crippen LogP contribution < -0.4 is 4.90 Å². The molecule has 2 unspecified atom stereocenters. The molecule has 0 saturated heterocycles. The molecule has 0 heterocycles. The minimum Gasteiger partial charge on any atom is -0.334 e. The summed E-state index contributed by atoms with van der Waals surface area (Å²) in [7, 11) is 0. The van der Waals surface area contributed by atoms with Gasteiger partial charge in [-0.25, -0.2) is 0 Å². The van der Waals surface area contributed by atoms with Gasteiger partial charge in [-0.15, -0.1) is 0 Å². The molecule has 1 heteroatoms. The highest BCUT2D eigenvalue weighted by Crippen LogP contribution is 2.65. The van der Waals surface area contributed by atoms with Gasteiger partial charge in [-0.1, -0.05) is 177 Å². The Balaban J connectivity index is 0.977. The van der Waals surface area contributed by atoms with Crippen LogP contribution in [0.5, 0.6) is 0 Å². The minimum absolute atomic E-state index is 0.0570. The Kier molecular flexibility index (Phi) is 10.0. The molecule has 0 saturated carbocycles. The lowest BCUT2D eigenvalue weighted by Gasteiger charge is -2.40. The number of fused-ring (bicyclic) bond motifs is 10. The lowest BCUT2D eigenvalue weighted by Crippen LogP contribution is -2.36. The molecule has 0 radical (unpaired) electrons. The second-order valence-corrected chi connectivity index (χ2v) is 21.7. The molecule has 71 heavy (non-hydrogen) atoms. The van der Waals surface area contributed by atoms with Gasteiger partial charge >= 0.3 is 0 Å². The van der Waals surface area contributed by atoms with Crippen molar-refractivity contribution in [3.8, 4) is 22.3 Å². The van der Waals surface area contributed by atoms with E-state index in [4.69, 9.17) is 0 Å². The van der Waals surface area contributed by atoms with Crippen LogP contribution >= 0.6 is 0 Å². The Bertz CT molecular complexity index is 3490. The van der Waals surface area contributed by atoms with Gasteiger partial charge < -0.3 is 4.90 Å². The van der Waals surface area contributed by atoms with Crippen LogP contribution in [0.4, 0.5) is 5.69 Å². The van der Waals surface area contributed by atoms with Gasteiger partial charge in [0.1, 0.15) is 0 Å². The number of anilines is 1. The number of nitrogens with zero attached hydrogens (tertiary/aromatic N) is 1. The standard InChI is InChI=1S/C70H61N/c1-69(2)62-30-16-12-29-58(62)61-44-53(36-39-63(61)69)71(68-33-19-15-26-55(68)48-24-10-5-11-25-48)54-35-38-60-57-28-14-18-32-65(57)70(67(60)45-54)64-31-17-13-27-56(64)59-37-34-49(43-66(59)70)52-41-50(46-20-6-3-7-21-46)40-51(42-52)47-22-8-4-9-23-47/h3,5-8,10-12,17-18,20-26,29,31-35,37-45,53H,4,9,13-16,19,27-28,30,36H2,1-2H3. The third kappa shape index (κ3) is 6.58. The normalized spacial score (nSPS) is 23.1. The van der Waals surface area contributed by atoms with Gasteiger partial charge in [0.25, 0.3) is 0 Å². The SMILES string of the molecule is CC1(C)C2=CCC(N(C3=CCCC=C3c3ccccc3)c3ccc4c(c3)C3(C5=C(CCC=C5)c5ccc(-c6cc(C7=CCCC=C7)cc(-c7ccccc7)c6)cc53)C3=C4CCC=C3)C=C2C2=C1CCC=C2. The van der Waals surface area contributed by atoms with E-state index in [0.717, 1.165) is 70.6 Å². The van der Waals surface area contributed by atoms with Crippen molar-refractivity contribution >= 4 is 28.0 Å². The highest BCUT2D eigenvalue weighted by molar-refractivity contribution is 5.99. The zero-order valence-electron chi connectivity index (χ0n) is 41.3. The zero-order chi connectivity index (χ0) is 47.3. The van der Waals surface area contributed by atoms with Crippen molar-refractivity contribution in [2.45, 2.75) is 95.9 Å². The summed E-state index contributed by atoms with van der Waals surface area (Å²) in [4.78, 5) is 2.76. The van der Waals surface area contributed by atoms with Crippen LogP contribution in [0.25, 0.3) is 44.5 Å². The topological polar surface area (TPSA) is 3.24 Å². The fourth-order valence-corrected chi connectivity index (χ4v) is 14.3. The van der Waals surface area contributed by atoms with Crippen molar-refractivity contribution in [3.63, 3.8) is 0 Å². The van der Waals surface area contributed by atoms with Crippen molar-refractivity contribution in [1.29, 1.82) is 0 Å². The first-order valence-electron chi connectivity index (χ1n) is 26.7. The van der Waals surface area contributed by atoms with E-state index in [1.54, 1.807) is 5.57 Å². The number of rotatable bonds is 7. The van der Waals surface area contributed by atoms with Gasteiger partial charge in [0.2, 0.25) is 0 Å². The summed E-state index contributed by atoms with van der Waals surface area (Å²) in [5.41, 5.74) is 30.4. The van der Waals surface area contributed by atoms with Crippen LogP contribution in [0.1, 0.15) is 118 Å². The Hall–Kier alpha value is -7.22. The second kappa shape index (κ2) is 16.7. The summed E-state index contributed by atoms with van der Waals surface area (Å²) in [6.45, 7) is 4.93. The molecule has 9 aliphatic rings. The van der Waals surface area contributed by atoms with Crippen molar-refractivity contribution in [2.24, 2.45) is 5.41 Å². The van der Waals surface area contributed by atoms with E-state index in [2.05, 4.69) is 213 Å². The first-order chi connectivity index (χ1) is 35.0. The maximum absolute atomic E-state index is 2.76. The maximum Gasteiger partial charge on any atom is 0.0719 e. The van der Waals surface area contributed by atoms with E-state index in [-0.39, 0.29) is 11.5 Å². The lowest BCUT2D eigenvalue weighted by molar-refractivity contribution is 0.532. The monoisotopic (exact) mass is 915 g/mol. The van der Waals surface area contributed by atoms with Crippen LogP contribution in [0.2, 0.25) is 0 Å². The number of allylic oxidation sites excluding steroid dienone is 21. The van der Waals surface area contributed by atoms with Crippen molar-refractivity contribution < 1.29 is 0 Å². The molecular formula is C70H61N. The predicted octanol–water partition coefficient (Wildman–Crippen LogP) is 18.2. The first-order valence-corrected chi connectivity index (χ1v) is 26.7. The summed E-state index contributed by atoms with van der Waals surface area (Å²) in [6, 6.07) is 44.8. The molecule has 346 valence electrons. The quantitative estimate of drug-likeness (QED) is 0.157. The lowest BCUT2D eigenvalue weighted by atomic mass is 9.67. The van der Waals surface area contributed by atoms with Crippen molar-refractivity contribution in [2.75, 3.05) is 4.90 Å². The smallest absolute Gasteiger partial charge is 0.0719 e. The van der Waals surface area contributed by atoms with Gasteiger partial charge in [0.05, 0.1) is 11.5 Å².